The summed E-state index contributed by atoms with van der Waals surface area (Å²) in [5.74, 6) is 3.59. The number of rotatable bonds is 7. The number of para-hydroxylation sites is 2. The molecule has 0 aliphatic carbocycles. The van der Waals surface area contributed by atoms with Gasteiger partial charge in [-0.25, -0.2) is 4.68 Å². The Balaban J connectivity index is 1.60. The van der Waals surface area contributed by atoms with Gasteiger partial charge in [0.2, 0.25) is 5.95 Å². The van der Waals surface area contributed by atoms with Crippen LogP contribution in [0.25, 0.3) is 5.70 Å². The van der Waals surface area contributed by atoms with Crippen molar-refractivity contribution in [3.8, 4) is 23.0 Å². The van der Waals surface area contributed by atoms with Gasteiger partial charge in [-0.2, -0.15) is 10.1 Å². The van der Waals surface area contributed by atoms with Crippen LogP contribution < -0.4 is 24.3 Å². The van der Waals surface area contributed by atoms with Crippen LogP contribution in [0.5, 0.6) is 23.0 Å². The molecule has 0 saturated carbocycles. The predicted molar refractivity (Wildman–Crippen MR) is 140 cm³/mol. The third-order valence-corrected chi connectivity index (χ3v) is 6.63. The fourth-order valence-electron chi connectivity index (χ4n) is 5.11. The van der Waals surface area contributed by atoms with Crippen molar-refractivity contribution in [1.29, 1.82) is 0 Å². The first-order valence-electron chi connectivity index (χ1n) is 12.4. The van der Waals surface area contributed by atoms with E-state index in [4.69, 9.17) is 18.9 Å². The molecule has 8 nitrogen and oxygen atoms in total. The molecular formula is C29H28N4O4. The highest BCUT2D eigenvalue weighted by molar-refractivity contribution is 5.85. The van der Waals surface area contributed by atoms with Crippen molar-refractivity contribution in [3.63, 3.8) is 0 Å². The zero-order valence-electron chi connectivity index (χ0n) is 21.0. The van der Waals surface area contributed by atoms with Crippen LogP contribution >= 0.6 is 0 Å². The maximum atomic E-state index is 6.74. The SMILES string of the molecule is CCOc1ccc(C2C3=C(Nc4ncnn42)c2ccccc2OC3c2ccccc2OCC)cc1OC. The van der Waals surface area contributed by atoms with E-state index in [1.54, 1.807) is 13.4 Å². The lowest BCUT2D eigenvalue weighted by molar-refractivity contribution is 0.215. The number of aromatic nitrogens is 3. The van der Waals surface area contributed by atoms with Crippen LogP contribution in [0.2, 0.25) is 0 Å². The summed E-state index contributed by atoms with van der Waals surface area (Å²) in [6, 6.07) is 21.7. The van der Waals surface area contributed by atoms with Crippen LogP contribution in [0, 0.1) is 0 Å². The Hall–Kier alpha value is -4.46. The molecule has 0 spiro atoms. The average molecular weight is 497 g/mol. The maximum Gasteiger partial charge on any atom is 0.226 e. The summed E-state index contributed by atoms with van der Waals surface area (Å²) >= 11 is 0. The van der Waals surface area contributed by atoms with Gasteiger partial charge in [-0.15, -0.1) is 0 Å². The molecule has 3 aromatic carbocycles. The van der Waals surface area contributed by atoms with Gasteiger partial charge >= 0.3 is 0 Å². The summed E-state index contributed by atoms with van der Waals surface area (Å²) < 4.78 is 26.2. The Morgan fingerprint density at radius 3 is 2.54 bits per heavy atom. The fourth-order valence-corrected chi connectivity index (χ4v) is 5.11. The van der Waals surface area contributed by atoms with E-state index in [1.807, 2.05) is 73.1 Å². The summed E-state index contributed by atoms with van der Waals surface area (Å²) in [5, 5.41) is 8.15. The molecule has 0 bridgehead atoms. The van der Waals surface area contributed by atoms with E-state index in [0.717, 1.165) is 39.5 Å². The van der Waals surface area contributed by atoms with Crippen LogP contribution in [0.15, 0.2) is 78.6 Å². The third kappa shape index (κ3) is 3.85. The molecule has 6 rings (SSSR count). The molecule has 2 aliphatic heterocycles. The number of anilines is 1. The third-order valence-electron chi connectivity index (χ3n) is 6.63. The van der Waals surface area contributed by atoms with Gasteiger partial charge in [0.1, 0.15) is 23.9 Å². The average Bonchev–Trinajstić information content (AvgIpc) is 3.41. The van der Waals surface area contributed by atoms with Crippen molar-refractivity contribution in [2.24, 2.45) is 0 Å². The standard InChI is InChI=1S/C29H28N4O4/c1-4-35-21-12-8-7-11-20(21)28-25-26(19-10-6-9-13-22(19)37-28)32-29-30-17-31-33(29)27(25)18-14-15-23(36-5-2)24(16-18)34-3/h6-17,27-28H,4-5H2,1-3H3,(H,30,31,32). The summed E-state index contributed by atoms with van der Waals surface area (Å²) in [6.45, 7) is 5.04. The topological polar surface area (TPSA) is 79.7 Å². The Kier molecular flexibility index (Phi) is 5.92. The first-order valence-corrected chi connectivity index (χ1v) is 12.4. The van der Waals surface area contributed by atoms with E-state index in [-0.39, 0.29) is 6.04 Å². The van der Waals surface area contributed by atoms with Crippen LogP contribution in [-0.4, -0.2) is 35.1 Å². The van der Waals surface area contributed by atoms with Crippen LogP contribution in [0.3, 0.4) is 0 Å². The van der Waals surface area contributed by atoms with E-state index in [0.29, 0.717) is 30.7 Å². The second kappa shape index (κ2) is 9.54. The minimum absolute atomic E-state index is 0.314. The molecular weight excluding hydrogens is 468 g/mol. The Labute approximate surface area is 215 Å². The molecule has 3 heterocycles. The number of benzene rings is 3. The molecule has 2 aliphatic rings. The normalized spacial score (nSPS) is 17.6. The zero-order valence-corrected chi connectivity index (χ0v) is 21.0. The largest absolute Gasteiger partial charge is 0.493 e. The van der Waals surface area contributed by atoms with Crippen molar-refractivity contribution in [1.82, 2.24) is 14.8 Å². The molecule has 8 heteroatoms. The van der Waals surface area contributed by atoms with Gasteiger partial charge in [0.15, 0.2) is 17.6 Å². The van der Waals surface area contributed by atoms with Crippen LogP contribution in [0.4, 0.5) is 5.95 Å². The van der Waals surface area contributed by atoms with Crippen LogP contribution in [0.1, 0.15) is 42.7 Å². The molecule has 2 unspecified atom stereocenters. The molecule has 0 radical (unpaired) electrons. The summed E-state index contributed by atoms with van der Waals surface area (Å²) in [5.41, 5.74) is 4.86. The van der Waals surface area contributed by atoms with E-state index in [1.165, 1.54) is 0 Å². The molecule has 0 amide bonds. The highest BCUT2D eigenvalue weighted by atomic mass is 16.5. The molecule has 2 atom stereocenters. The van der Waals surface area contributed by atoms with Crippen molar-refractivity contribution < 1.29 is 18.9 Å². The lowest BCUT2D eigenvalue weighted by atomic mass is 9.84. The Bertz CT molecular complexity index is 1480. The number of ether oxygens (including phenoxy) is 4. The van der Waals surface area contributed by atoms with Crippen molar-refractivity contribution >= 4 is 11.6 Å². The van der Waals surface area contributed by atoms with E-state index >= 15 is 0 Å². The second-order valence-corrected chi connectivity index (χ2v) is 8.69. The molecule has 4 aromatic rings. The van der Waals surface area contributed by atoms with Crippen molar-refractivity contribution in [2.45, 2.75) is 26.0 Å². The van der Waals surface area contributed by atoms with Gasteiger partial charge in [0.05, 0.1) is 26.0 Å². The van der Waals surface area contributed by atoms with Gasteiger partial charge in [0.25, 0.3) is 0 Å². The van der Waals surface area contributed by atoms with Gasteiger partial charge in [0, 0.05) is 16.7 Å². The molecule has 1 N–H and O–H groups in total. The quantitative estimate of drug-likeness (QED) is 0.354. The van der Waals surface area contributed by atoms with Gasteiger partial charge < -0.3 is 24.3 Å². The number of hydrogen-bond donors (Lipinski definition) is 1. The first kappa shape index (κ1) is 23.0. The second-order valence-electron chi connectivity index (χ2n) is 8.69. The molecule has 37 heavy (non-hydrogen) atoms. The van der Waals surface area contributed by atoms with Gasteiger partial charge in [-0.3, -0.25) is 0 Å². The number of methoxy groups -OCH3 is 1. The monoisotopic (exact) mass is 496 g/mol. The maximum absolute atomic E-state index is 6.74. The fraction of sp³-hybridized carbons (Fsp3) is 0.241. The van der Waals surface area contributed by atoms with Gasteiger partial charge in [-0.1, -0.05) is 36.4 Å². The van der Waals surface area contributed by atoms with Crippen LogP contribution in [-0.2, 0) is 0 Å². The lowest BCUT2D eigenvalue weighted by Gasteiger charge is -2.39. The minimum Gasteiger partial charge on any atom is -0.493 e. The minimum atomic E-state index is -0.430. The van der Waals surface area contributed by atoms with Crippen molar-refractivity contribution in [3.05, 3.63) is 95.3 Å². The molecule has 1 aromatic heterocycles. The van der Waals surface area contributed by atoms with Gasteiger partial charge in [-0.05, 0) is 49.7 Å². The Morgan fingerprint density at radius 2 is 1.70 bits per heavy atom. The van der Waals surface area contributed by atoms with E-state index in [9.17, 15) is 0 Å². The Morgan fingerprint density at radius 1 is 0.919 bits per heavy atom. The number of nitrogens with one attached hydrogen (secondary N) is 1. The highest BCUT2D eigenvalue weighted by Crippen LogP contribution is 2.52. The highest BCUT2D eigenvalue weighted by Gasteiger charge is 2.42. The summed E-state index contributed by atoms with van der Waals surface area (Å²) in [4.78, 5) is 4.52. The number of fused-ring (bicyclic) bond motifs is 3. The molecule has 0 saturated heterocycles. The number of hydrogen-bond acceptors (Lipinski definition) is 7. The van der Waals surface area contributed by atoms with Crippen molar-refractivity contribution in [2.75, 3.05) is 25.6 Å². The van der Waals surface area contributed by atoms with E-state index < -0.39 is 6.10 Å². The zero-order chi connectivity index (χ0) is 25.4. The summed E-state index contributed by atoms with van der Waals surface area (Å²) in [7, 11) is 1.65. The summed E-state index contributed by atoms with van der Waals surface area (Å²) in [6.07, 6.45) is 1.13. The number of nitrogens with zero attached hydrogens (tertiary/aromatic N) is 3. The smallest absolute Gasteiger partial charge is 0.226 e. The molecule has 0 fully saturated rings. The first-order chi connectivity index (χ1) is 18.2. The predicted octanol–water partition coefficient (Wildman–Crippen LogP) is 5.64. The lowest BCUT2D eigenvalue weighted by Crippen LogP contribution is -2.32. The van der Waals surface area contributed by atoms with E-state index in [2.05, 4.69) is 27.5 Å². The molecule has 188 valence electrons.